The largest absolute Gasteiger partial charge is 0.483 e. The number of aromatic nitrogens is 1. The lowest BCUT2D eigenvalue weighted by atomic mass is 10.1. The molecule has 152 valence electrons. The molecule has 3 heterocycles. The molecule has 8 heteroatoms. The highest BCUT2D eigenvalue weighted by atomic mass is 16.3. The molecule has 1 aromatic carbocycles. The Kier molecular flexibility index (Phi) is 8.64. The van der Waals surface area contributed by atoms with E-state index in [-0.39, 0.29) is 12.9 Å². The Bertz CT molecular complexity index is 739. The first-order valence-electron chi connectivity index (χ1n) is 9.31. The third kappa shape index (κ3) is 5.64. The van der Waals surface area contributed by atoms with E-state index in [4.69, 9.17) is 19.8 Å². The number of rotatable bonds is 2. The fraction of sp³-hybridized carbons (Fsp3) is 0.450. The van der Waals surface area contributed by atoms with Gasteiger partial charge in [-0.15, -0.1) is 0 Å². The molecule has 28 heavy (non-hydrogen) atoms. The molecule has 2 aromatic rings. The van der Waals surface area contributed by atoms with Gasteiger partial charge >= 0.3 is 0 Å². The SMILES string of the molecule is CN1CCN(C2CCN(c3nccc4ccccc34)C2)CC1.O=CO.O=CO. The number of fused-ring (bicyclic) bond motifs is 1. The van der Waals surface area contributed by atoms with Crippen LogP contribution < -0.4 is 4.90 Å². The minimum atomic E-state index is -0.250. The van der Waals surface area contributed by atoms with Crippen molar-refractivity contribution in [1.82, 2.24) is 14.8 Å². The molecule has 0 saturated carbocycles. The van der Waals surface area contributed by atoms with E-state index in [2.05, 4.69) is 57.1 Å². The number of nitrogens with zero attached hydrogens (tertiary/aromatic N) is 4. The number of anilines is 1. The van der Waals surface area contributed by atoms with Crippen LogP contribution in [0.1, 0.15) is 6.42 Å². The van der Waals surface area contributed by atoms with Gasteiger partial charge in [-0.05, 0) is 24.9 Å². The van der Waals surface area contributed by atoms with Crippen LogP contribution in [-0.2, 0) is 9.59 Å². The minimum absolute atomic E-state index is 0.250. The van der Waals surface area contributed by atoms with Crippen molar-refractivity contribution >= 4 is 29.5 Å². The molecule has 2 fully saturated rings. The van der Waals surface area contributed by atoms with Gasteiger partial charge in [0, 0.05) is 56.9 Å². The molecule has 2 N–H and O–H groups in total. The number of hydrogen-bond acceptors (Lipinski definition) is 6. The first kappa shape index (κ1) is 21.6. The van der Waals surface area contributed by atoms with Crippen LogP contribution in [0.15, 0.2) is 36.5 Å². The number of hydrogen-bond donors (Lipinski definition) is 2. The summed E-state index contributed by atoms with van der Waals surface area (Å²) in [4.78, 5) is 29.0. The van der Waals surface area contributed by atoms with E-state index < -0.39 is 0 Å². The van der Waals surface area contributed by atoms with Gasteiger partial charge in [0.1, 0.15) is 5.82 Å². The summed E-state index contributed by atoms with van der Waals surface area (Å²) in [6, 6.07) is 11.4. The summed E-state index contributed by atoms with van der Waals surface area (Å²) in [6.45, 7) is 6.55. The van der Waals surface area contributed by atoms with Gasteiger partial charge < -0.3 is 20.0 Å². The van der Waals surface area contributed by atoms with Gasteiger partial charge in [-0.25, -0.2) is 4.98 Å². The second kappa shape index (κ2) is 11.2. The van der Waals surface area contributed by atoms with Gasteiger partial charge in [-0.1, -0.05) is 24.3 Å². The molecule has 1 atom stereocenters. The lowest BCUT2D eigenvalue weighted by Crippen LogP contribution is -2.49. The van der Waals surface area contributed by atoms with Crippen LogP contribution in [-0.4, -0.2) is 90.3 Å². The Labute approximate surface area is 165 Å². The van der Waals surface area contributed by atoms with E-state index in [1.807, 2.05) is 6.20 Å². The van der Waals surface area contributed by atoms with Gasteiger partial charge in [-0.3, -0.25) is 14.5 Å². The Hall–Kier alpha value is -2.71. The molecule has 2 saturated heterocycles. The fourth-order valence-corrected chi connectivity index (χ4v) is 3.77. The molecule has 0 amide bonds. The summed E-state index contributed by atoms with van der Waals surface area (Å²) in [5, 5.41) is 16.3. The zero-order valence-electron chi connectivity index (χ0n) is 16.1. The second-order valence-corrected chi connectivity index (χ2v) is 6.79. The topological polar surface area (TPSA) is 97.2 Å². The number of pyridine rings is 1. The molecular weight excluding hydrogens is 360 g/mol. The van der Waals surface area contributed by atoms with Crippen LogP contribution in [0.5, 0.6) is 0 Å². The lowest BCUT2D eigenvalue weighted by molar-refractivity contribution is -0.123. The number of benzene rings is 1. The maximum atomic E-state index is 8.36. The van der Waals surface area contributed by atoms with E-state index in [0.717, 1.165) is 18.9 Å². The standard InChI is InChI=1S/C18H24N4.2CH2O2/c1-20-10-12-21(13-11-20)16-7-9-22(14-16)18-17-5-3-2-4-15(17)6-8-19-18;2*2-1-3/h2-6,8,16H,7,9-14H2,1H3;2*1H,(H,2,3). The number of likely N-dealkylation sites (N-methyl/N-ethyl adjacent to an activating group) is 1. The summed E-state index contributed by atoms with van der Waals surface area (Å²) >= 11 is 0. The van der Waals surface area contributed by atoms with Gasteiger partial charge in [0.15, 0.2) is 0 Å². The molecule has 8 nitrogen and oxygen atoms in total. The monoisotopic (exact) mass is 388 g/mol. The highest BCUT2D eigenvalue weighted by Crippen LogP contribution is 2.28. The van der Waals surface area contributed by atoms with Crippen molar-refractivity contribution in [3.8, 4) is 0 Å². The van der Waals surface area contributed by atoms with E-state index in [9.17, 15) is 0 Å². The van der Waals surface area contributed by atoms with Crippen LogP contribution in [0.25, 0.3) is 10.8 Å². The molecule has 2 aliphatic rings. The summed E-state index contributed by atoms with van der Waals surface area (Å²) in [7, 11) is 2.22. The Balaban J connectivity index is 0.000000418. The van der Waals surface area contributed by atoms with Crippen LogP contribution >= 0.6 is 0 Å². The Morgan fingerprint density at radius 2 is 1.64 bits per heavy atom. The van der Waals surface area contributed by atoms with E-state index in [1.165, 1.54) is 43.4 Å². The van der Waals surface area contributed by atoms with Gasteiger partial charge in [0.05, 0.1) is 0 Å². The summed E-state index contributed by atoms with van der Waals surface area (Å²) < 4.78 is 0. The zero-order valence-corrected chi connectivity index (χ0v) is 16.1. The maximum Gasteiger partial charge on any atom is 0.290 e. The third-order valence-electron chi connectivity index (χ3n) is 5.17. The smallest absolute Gasteiger partial charge is 0.290 e. The average molecular weight is 388 g/mol. The van der Waals surface area contributed by atoms with Crippen molar-refractivity contribution < 1.29 is 19.8 Å². The summed E-state index contributed by atoms with van der Waals surface area (Å²) in [5.74, 6) is 1.16. The quantitative estimate of drug-likeness (QED) is 0.747. The van der Waals surface area contributed by atoms with Crippen LogP contribution in [0.3, 0.4) is 0 Å². The van der Waals surface area contributed by atoms with Gasteiger partial charge in [0.2, 0.25) is 0 Å². The third-order valence-corrected chi connectivity index (χ3v) is 5.17. The molecule has 1 unspecified atom stereocenters. The molecule has 0 radical (unpaired) electrons. The van der Waals surface area contributed by atoms with Gasteiger partial charge in [0.25, 0.3) is 12.9 Å². The van der Waals surface area contributed by atoms with E-state index >= 15 is 0 Å². The summed E-state index contributed by atoms with van der Waals surface area (Å²) in [5.41, 5.74) is 0. The molecule has 2 aliphatic heterocycles. The minimum Gasteiger partial charge on any atom is -0.483 e. The molecule has 0 spiro atoms. The van der Waals surface area contributed by atoms with Crippen LogP contribution in [0.4, 0.5) is 5.82 Å². The summed E-state index contributed by atoms with van der Waals surface area (Å²) in [6.07, 6.45) is 3.20. The van der Waals surface area contributed by atoms with E-state index in [0.29, 0.717) is 6.04 Å². The average Bonchev–Trinajstić information content (AvgIpc) is 3.19. The van der Waals surface area contributed by atoms with Crippen molar-refractivity contribution in [2.24, 2.45) is 0 Å². The Morgan fingerprint density at radius 3 is 2.32 bits per heavy atom. The van der Waals surface area contributed by atoms with Gasteiger partial charge in [-0.2, -0.15) is 0 Å². The predicted octanol–water partition coefficient (Wildman–Crippen LogP) is 1.46. The van der Waals surface area contributed by atoms with Crippen molar-refractivity contribution in [2.45, 2.75) is 12.5 Å². The molecule has 0 aliphatic carbocycles. The van der Waals surface area contributed by atoms with Crippen LogP contribution in [0, 0.1) is 0 Å². The normalized spacial score (nSPS) is 19.9. The highest BCUT2D eigenvalue weighted by Gasteiger charge is 2.30. The molecule has 0 bridgehead atoms. The maximum absolute atomic E-state index is 8.36. The van der Waals surface area contributed by atoms with Crippen molar-refractivity contribution in [2.75, 3.05) is 51.2 Å². The first-order valence-corrected chi connectivity index (χ1v) is 9.31. The number of carbonyl (C=O) groups is 2. The fourth-order valence-electron chi connectivity index (χ4n) is 3.77. The molecule has 1 aromatic heterocycles. The molecular formula is C20H28N4O4. The molecule has 4 rings (SSSR count). The lowest BCUT2D eigenvalue weighted by Gasteiger charge is -2.36. The van der Waals surface area contributed by atoms with Crippen molar-refractivity contribution in [3.63, 3.8) is 0 Å². The Morgan fingerprint density at radius 1 is 1.00 bits per heavy atom. The first-order chi connectivity index (χ1) is 13.6. The number of piperazine rings is 1. The van der Waals surface area contributed by atoms with Crippen LogP contribution in [0.2, 0.25) is 0 Å². The zero-order chi connectivity index (χ0) is 20.4. The van der Waals surface area contributed by atoms with E-state index in [1.54, 1.807) is 0 Å². The highest BCUT2D eigenvalue weighted by molar-refractivity contribution is 5.92. The van der Waals surface area contributed by atoms with Crippen molar-refractivity contribution in [3.05, 3.63) is 36.5 Å². The second-order valence-electron chi connectivity index (χ2n) is 6.79. The van der Waals surface area contributed by atoms with Crippen molar-refractivity contribution in [1.29, 1.82) is 0 Å². The number of carboxylic acid groups (broad SMARTS) is 2. The predicted molar refractivity (Wildman–Crippen MR) is 109 cm³/mol.